The first-order valence-electron chi connectivity index (χ1n) is 6.37. The average molecular weight is 286 g/mol. The number of hydrogen-bond donors (Lipinski definition) is 0. The maximum Gasteiger partial charge on any atom is 0.242 e. The quantitative estimate of drug-likeness (QED) is 0.593. The molecule has 0 amide bonds. The molecule has 4 rings (SSSR count). The first-order valence-corrected chi connectivity index (χ1v) is 6.74. The smallest absolute Gasteiger partial charge is 0.242 e. The fourth-order valence-corrected chi connectivity index (χ4v) is 2.90. The number of nitrogens with zero attached hydrogens (tertiary/aromatic N) is 2. The summed E-state index contributed by atoms with van der Waals surface area (Å²) in [6.07, 6.45) is 4.01. The van der Waals surface area contributed by atoms with Crippen molar-refractivity contribution in [3.63, 3.8) is 0 Å². The molecule has 0 radical (unpaired) electrons. The molecule has 0 aliphatic carbocycles. The van der Waals surface area contributed by atoms with E-state index in [1.165, 1.54) is 17.0 Å². The fourth-order valence-electron chi connectivity index (χ4n) is 2.75. The first kappa shape index (κ1) is 11.7. The van der Waals surface area contributed by atoms with E-state index in [0.29, 0.717) is 17.4 Å². The van der Waals surface area contributed by atoms with Gasteiger partial charge in [-0.3, -0.25) is 4.57 Å². The van der Waals surface area contributed by atoms with Crippen molar-refractivity contribution in [3.8, 4) is 0 Å². The molecule has 0 saturated carbocycles. The summed E-state index contributed by atoms with van der Waals surface area (Å²) in [5.74, 6) is -0.309. The summed E-state index contributed by atoms with van der Waals surface area (Å²) in [5.41, 5.74) is 2.82. The summed E-state index contributed by atoms with van der Waals surface area (Å²) in [7, 11) is 0. The largest absolute Gasteiger partial charge is 0.291 e. The van der Waals surface area contributed by atoms with Crippen molar-refractivity contribution in [3.05, 3.63) is 65.1 Å². The second kappa shape index (κ2) is 4.18. The molecule has 98 valence electrons. The second-order valence-electron chi connectivity index (χ2n) is 4.91. The molecule has 3 aromatic rings. The maximum atomic E-state index is 14.1. The normalized spacial score (nSPS) is 13.6. The summed E-state index contributed by atoms with van der Waals surface area (Å²) >= 11 is 5.81. The van der Waals surface area contributed by atoms with Gasteiger partial charge >= 0.3 is 0 Å². The Labute approximate surface area is 120 Å². The number of para-hydroxylation sites is 1. The molecule has 0 N–H and O–H groups in total. The van der Waals surface area contributed by atoms with Crippen LogP contribution in [0.4, 0.5) is 10.1 Å². The lowest BCUT2D eigenvalue weighted by molar-refractivity contribution is -0.473. The van der Waals surface area contributed by atoms with Gasteiger partial charge in [-0.25, -0.2) is 0 Å². The van der Waals surface area contributed by atoms with Gasteiger partial charge in [-0.15, -0.1) is 0 Å². The van der Waals surface area contributed by atoms with Crippen LogP contribution in [0.25, 0.3) is 10.9 Å². The van der Waals surface area contributed by atoms with Gasteiger partial charge in [0, 0.05) is 22.7 Å². The SMILES string of the molecule is Fc1cc(Cl)ccc1[N+]1=Cc2cccc3ccn(c23)C1. The Morgan fingerprint density at radius 1 is 1.15 bits per heavy atom. The highest BCUT2D eigenvalue weighted by atomic mass is 35.5. The summed E-state index contributed by atoms with van der Waals surface area (Å²) in [6.45, 7) is 0.596. The minimum absolute atomic E-state index is 0.309. The van der Waals surface area contributed by atoms with Crippen LogP contribution in [0.1, 0.15) is 5.56 Å². The van der Waals surface area contributed by atoms with E-state index in [9.17, 15) is 4.39 Å². The highest BCUT2D eigenvalue weighted by Crippen LogP contribution is 2.27. The monoisotopic (exact) mass is 285 g/mol. The van der Waals surface area contributed by atoms with Gasteiger partial charge in [-0.05, 0) is 24.3 Å². The Kier molecular flexibility index (Phi) is 2.44. The van der Waals surface area contributed by atoms with Crippen LogP contribution < -0.4 is 0 Å². The third-order valence-corrected chi connectivity index (χ3v) is 3.87. The predicted octanol–water partition coefficient (Wildman–Crippen LogP) is 4.17. The highest BCUT2D eigenvalue weighted by molar-refractivity contribution is 6.30. The lowest BCUT2D eigenvalue weighted by atomic mass is 10.1. The van der Waals surface area contributed by atoms with Gasteiger partial charge in [0.05, 0.1) is 11.1 Å². The first-order chi connectivity index (χ1) is 9.72. The average Bonchev–Trinajstić information content (AvgIpc) is 2.84. The molecule has 1 aromatic heterocycles. The molecule has 2 aromatic carbocycles. The Balaban J connectivity index is 1.91. The third-order valence-electron chi connectivity index (χ3n) is 3.64. The van der Waals surface area contributed by atoms with Crippen molar-refractivity contribution in [1.29, 1.82) is 0 Å². The molecule has 2 heterocycles. The van der Waals surface area contributed by atoms with Crippen LogP contribution in [-0.4, -0.2) is 15.4 Å². The highest BCUT2D eigenvalue weighted by Gasteiger charge is 2.22. The third kappa shape index (κ3) is 1.67. The van der Waals surface area contributed by atoms with Crippen LogP contribution in [0.15, 0.2) is 48.7 Å². The van der Waals surface area contributed by atoms with Crippen LogP contribution in [0.2, 0.25) is 5.02 Å². The maximum absolute atomic E-state index is 14.1. The molecule has 1 aliphatic rings. The van der Waals surface area contributed by atoms with Crippen molar-refractivity contribution in [2.45, 2.75) is 6.67 Å². The number of aromatic nitrogens is 1. The molecule has 2 nitrogen and oxygen atoms in total. The molecule has 0 fully saturated rings. The van der Waals surface area contributed by atoms with Gasteiger partial charge in [0.25, 0.3) is 0 Å². The van der Waals surface area contributed by atoms with E-state index in [1.807, 2.05) is 29.1 Å². The van der Waals surface area contributed by atoms with Crippen molar-refractivity contribution >= 4 is 34.4 Å². The van der Waals surface area contributed by atoms with Crippen molar-refractivity contribution in [2.24, 2.45) is 0 Å². The zero-order valence-electron chi connectivity index (χ0n) is 10.6. The molecule has 1 aliphatic heterocycles. The summed E-state index contributed by atoms with van der Waals surface area (Å²) in [6, 6.07) is 13.0. The summed E-state index contributed by atoms with van der Waals surface area (Å²) in [5, 5.41) is 1.61. The number of halogens is 2. The Hall–Kier alpha value is -2.13. The molecule has 4 heteroatoms. The summed E-state index contributed by atoms with van der Waals surface area (Å²) < 4.78 is 18.1. The zero-order valence-corrected chi connectivity index (χ0v) is 11.3. The molecule has 0 unspecified atom stereocenters. The molecular formula is C16H11ClFN2+. The van der Waals surface area contributed by atoms with E-state index in [0.717, 1.165) is 5.56 Å². The Morgan fingerprint density at radius 2 is 2.05 bits per heavy atom. The van der Waals surface area contributed by atoms with E-state index in [4.69, 9.17) is 11.6 Å². The van der Waals surface area contributed by atoms with Crippen LogP contribution in [0.5, 0.6) is 0 Å². The fraction of sp³-hybridized carbons (Fsp3) is 0.0625. The van der Waals surface area contributed by atoms with Crippen LogP contribution in [0.3, 0.4) is 0 Å². The van der Waals surface area contributed by atoms with E-state index in [-0.39, 0.29) is 5.82 Å². The zero-order chi connectivity index (χ0) is 13.7. The van der Waals surface area contributed by atoms with Gasteiger partial charge in [0.1, 0.15) is 0 Å². The number of benzene rings is 2. The van der Waals surface area contributed by atoms with Crippen molar-refractivity contribution < 1.29 is 8.97 Å². The predicted molar refractivity (Wildman–Crippen MR) is 78.4 cm³/mol. The lowest BCUT2D eigenvalue weighted by Crippen LogP contribution is -2.19. The van der Waals surface area contributed by atoms with Gasteiger partial charge in [0.15, 0.2) is 12.0 Å². The Morgan fingerprint density at radius 3 is 2.90 bits per heavy atom. The topological polar surface area (TPSA) is 7.94 Å². The molecule has 0 saturated heterocycles. The minimum atomic E-state index is -0.309. The van der Waals surface area contributed by atoms with Crippen molar-refractivity contribution in [2.75, 3.05) is 0 Å². The van der Waals surface area contributed by atoms with Crippen molar-refractivity contribution in [1.82, 2.24) is 4.57 Å². The van der Waals surface area contributed by atoms with Crippen LogP contribution in [0, 0.1) is 5.82 Å². The van der Waals surface area contributed by atoms with Crippen LogP contribution in [-0.2, 0) is 6.67 Å². The molecular weight excluding hydrogens is 275 g/mol. The van der Waals surface area contributed by atoms with E-state index in [2.05, 4.69) is 16.7 Å². The minimum Gasteiger partial charge on any atom is -0.291 e. The van der Waals surface area contributed by atoms with Gasteiger partial charge in [-0.1, -0.05) is 23.7 Å². The lowest BCUT2D eigenvalue weighted by Gasteiger charge is -2.12. The van der Waals surface area contributed by atoms with E-state index < -0.39 is 0 Å². The summed E-state index contributed by atoms with van der Waals surface area (Å²) in [4.78, 5) is 0. The van der Waals surface area contributed by atoms with Crippen LogP contribution >= 0.6 is 11.6 Å². The molecule has 0 bridgehead atoms. The number of hydrogen-bond acceptors (Lipinski definition) is 0. The second-order valence-corrected chi connectivity index (χ2v) is 5.34. The molecule has 0 atom stereocenters. The van der Waals surface area contributed by atoms with E-state index in [1.54, 1.807) is 12.1 Å². The molecule has 20 heavy (non-hydrogen) atoms. The Bertz CT molecular complexity index is 864. The molecule has 0 spiro atoms. The number of rotatable bonds is 1. The van der Waals surface area contributed by atoms with Gasteiger partial charge in [-0.2, -0.15) is 8.97 Å². The van der Waals surface area contributed by atoms with E-state index >= 15 is 0 Å². The van der Waals surface area contributed by atoms with Gasteiger partial charge < -0.3 is 0 Å². The van der Waals surface area contributed by atoms with Gasteiger partial charge in [0.2, 0.25) is 12.4 Å². The standard InChI is InChI=1S/C16H11ClFN2/c17-13-4-5-15(14(18)8-13)20-9-12-3-1-2-11-6-7-19(10-20)16(11)12/h1-9H,10H2/q+1.